The molecule has 6 heteroatoms. The van der Waals surface area contributed by atoms with E-state index in [0.29, 0.717) is 5.75 Å². The van der Waals surface area contributed by atoms with Crippen molar-refractivity contribution in [3.63, 3.8) is 0 Å². The van der Waals surface area contributed by atoms with Crippen LogP contribution in [0.3, 0.4) is 0 Å². The fourth-order valence-corrected chi connectivity index (χ4v) is 5.78. The van der Waals surface area contributed by atoms with Crippen molar-refractivity contribution in [2.45, 2.75) is 11.8 Å². The molecule has 1 heterocycles. The first kappa shape index (κ1) is 18.8. The van der Waals surface area contributed by atoms with E-state index in [2.05, 4.69) is 5.43 Å². The Hall–Kier alpha value is -3.93. The van der Waals surface area contributed by atoms with Gasteiger partial charge in [-0.15, -0.1) is 0 Å². The van der Waals surface area contributed by atoms with Gasteiger partial charge in [-0.1, -0.05) is 60.7 Å². The Morgan fingerprint density at radius 3 is 1.66 bits per heavy atom. The van der Waals surface area contributed by atoms with Crippen molar-refractivity contribution in [2.24, 2.45) is 11.8 Å². The van der Waals surface area contributed by atoms with Crippen LogP contribution in [0.25, 0.3) is 0 Å². The van der Waals surface area contributed by atoms with E-state index >= 15 is 0 Å². The van der Waals surface area contributed by atoms with Crippen LogP contribution in [0.2, 0.25) is 0 Å². The highest BCUT2D eigenvalue weighted by molar-refractivity contribution is 6.10. The van der Waals surface area contributed by atoms with Gasteiger partial charge in [-0.25, -0.2) is 0 Å². The summed E-state index contributed by atoms with van der Waals surface area (Å²) in [5.74, 6) is -2.37. The van der Waals surface area contributed by atoms with Crippen LogP contribution in [0.5, 0.6) is 5.75 Å². The molecule has 4 aliphatic rings. The van der Waals surface area contributed by atoms with Crippen molar-refractivity contribution in [3.05, 3.63) is 101 Å². The van der Waals surface area contributed by atoms with Gasteiger partial charge in [0, 0.05) is 11.8 Å². The summed E-state index contributed by atoms with van der Waals surface area (Å²) in [6.07, 6.45) is 0. The van der Waals surface area contributed by atoms with Crippen LogP contribution >= 0.6 is 0 Å². The predicted octanol–water partition coefficient (Wildman–Crippen LogP) is 3.23. The number of carbonyl (C=O) groups excluding carboxylic acids is 3. The van der Waals surface area contributed by atoms with Gasteiger partial charge in [-0.2, -0.15) is 5.01 Å². The molecule has 0 radical (unpaired) electrons. The van der Waals surface area contributed by atoms with Crippen LogP contribution in [-0.4, -0.2) is 29.8 Å². The van der Waals surface area contributed by atoms with E-state index in [1.54, 1.807) is 24.3 Å². The number of amides is 3. The molecule has 1 aliphatic heterocycles. The fraction of sp³-hybridized carbons (Fsp3) is 0.192. The number of ether oxygens (including phenoxy) is 1. The molecule has 1 saturated heterocycles. The highest BCUT2D eigenvalue weighted by atomic mass is 16.5. The Bertz CT molecular complexity index is 1180. The Balaban J connectivity index is 1.41. The molecule has 3 amide bonds. The number of carbonyl (C=O) groups is 3. The average Bonchev–Trinajstić information content (AvgIpc) is 3.09. The second-order valence-corrected chi connectivity index (χ2v) is 8.42. The lowest BCUT2D eigenvalue weighted by Gasteiger charge is -2.45. The van der Waals surface area contributed by atoms with Crippen molar-refractivity contribution in [3.8, 4) is 5.75 Å². The molecule has 3 aliphatic carbocycles. The summed E-state index contributed by atoms with van der Waals surface area (Å²) in [5.41, 5.74) is 7.20. The largest absolute Gasteiger partial charge is 0.496 e. The van der Waals surface area contributed by atoms with Gasteiger partial charge in [-0.05, 0) is 34.4 Å². The van der Waals surface area contributed by atoms with Crippen LogP contribution in [0.1, 0.15) is 44.4 Å². The van der Waals surface area contributed by atoms with Gasteiger partial charge in [0.15, 0.2) is 0 Å². The molecule has 2 atom stereocenters. The van der Waals surface area contributed by atoms with Crippen LogP contribution in [0, 0.1) is 11.8 Å². The minimum atomic E-state index is -0.551. The van der Waals surface area contributed by atoms with Gasteiger partial charge in [0.1, 0.15) is 5.75 Å². The lowest BCUT2D eigenvalue weighted by molar-refractivity contribution is -0.142. The van der Waals surface area contributed by atoms with Gasteiger partial charge in [-0.3, -0.25) is 19.8 Å². The predicted molar refractivity (Wildman–Crippen MR) is 116 cm³/mol. The first-order valence-electron chi connectivity index (χ1n) is 10.6. The average molecular weight is 424 g/mol. The maximum absolute atomic E-state index is 13.5. The summed E-state index contributed by atoms with van der Waals surface area (Å²) in [4.78, 5) is 40.0. The molecule has 32 heavy (non-hydrogen) atoms. The summed E-state index contributed by atoms with van der Waals surface area (Å²) in [6, 6.07) is 22.8. The Labute approximate surface area is 184 Å². The second kappa shape index (κ2) is 6.79. The van der Waals surface area contributed by atoms with E-state index in [9.17, 15) is 14.4 Å². The summed E-state index contributed by atoms with van der Waals surface area (Å²) < 4.78 is 5.26. The van der Waals surface area contributed by atoms with Crippen molar-refractivity contribution in [1.82, 2.24) is 10.4 Å². The molecule has 6 nitrogen and oxygen atoms in total. The SMILES string of the molecule is COc1ccccc1C(=O)NN1C(=O)[C@H]2C3c4ccccc4C(c4ccccc43)[C@@H]2C1=O. The van der Waals surface area contributed by atoms with Crippen molar-refractivity contribution in [1.29, 1.82) is 0 Å². The maximum atomic E-state index is 13.5. The van der Waals surface area contributed by atoms with Gasteiger partial charge < -0.3 is 4.74 Å². The summed E-state index contributed by atoms with van der Waals surface area (Å²) in [6.45, 7) is 0. The highest BCUT2D eigenvalue weighted by Crippen LogP contribution is 2.60. The quantitative estimate of drug-likeness (QED) is 0.655. The molecule has 0 aromatic heterocycles. The summed E-state index contributed by atoms with van der Waals surface area (Å²) >= 11 is 0. The number of nitrogens with zero attached hydrogens (tertiary/aromatic N) is 1. The number of hydrogen-bond acceptors (Lipinski definition) is 4. The Morgan fingerprint density at radius 1 is 0.750 bits per heavy atom. The minimum Gasteiger partial charge on any atom is -0.496 e. The first-order valence-corrected chi connectivity index (χ1v) is 10.6. The third kappa shape index (κ3) is 2.37. The lowest BCUT2D eigenvalue weighted by atomic mass is 9.55. The van der Waals surface area contributed by atoms with Gasteiger partial charge >= 0.3 is 0 Å². The molecule has 7 rings (SSSR count). The van der Waals surface area contributed by atoms with Crippen molar-refractivity contribution >= 4 is 17.7 Å². The number of rotatable bonds is 3. The molecular formula is C26H20N2O4. The summed E-state index contributed by atoms with van der Waals surface area (Å²) in [7, 11) is 1.47. The number of benzene rings is 3. The number of methoxy groups -OCH3 is 1. The molecule has 0 saturated carbocycles. The Kier molecular flexibility index (Phi) is 3.99. The van der Waals surface area contributed by atoms with Gasteiger partial charge in [0.2, 0.25) is 0 Å². The number of hydrazine groups is 1. The molecule has 3 aromatic rings. The monoisotopic (exact) mass is 424 g/mol. The van der Waals surface area contributed by atoms with Crippen molar-refractivity contribution < 1.29 is 19.1 Å². The van der Waals surface area contributed by atoms with Crippen LogP contribution in [-0.2, 0) is 9.59 Å². The van der Waals surface area contributed by atoms with Crippen molar-refractivity contribution in [2.75, 3.05) is 7.11 Å². The molecule has 3 aromatic carbocycles. The van der Waals surface area contributed by atoms with Gasteiger partial charge in [0.25, 0.3) is 17.7 Å². The minimum absolute atomic E-state index is 0.206. The van der Waals surface area contributed by atoms with Crippen LogP contribution in [0.15, 0.2) is 72.8 Å². The zero-order chi connectivity index (χ0) is 22.0. The van der Waals surface area contributed by atoms with E-state index in [1.807, 2.05) is 48.5 Å². The van der Waals surface area contributed by atoms with E-state index in [1.165, 1.54) is 7.11 Å². The lowest BCUT2D eigenvalue weighted by Crippen LogP contribution is -2.46. The highest BCUT2D eigenvalue weighted by Gasteiger charge is 2.62. The molecule has 0 spiro atoms. The number of hydrogen-bond donors (Lipinski definition) is 1. The maximum Gasteiger partial charge on any atom is 0.274 e. The molecule has 1 N–H and O–H groups in total. The second-order valence-electron chi connectivity index (χ2n) is 8.42. The number of nitrogens with one attached hydrogen (secondary N) is 1. The van der Waals surface area contributed by atoms with Crippen LogP contribution < -0.4 is 10.2 Å². The fourth-order valence-electron chi connectivity index (χ4n) is 5.78. The van der Waals surface area contributed by atoms with E-state index < -0.39 is 17.7 Å². The van der Waals surface area contributed by atoms with Crippen LogP contribution in [0.4, 0.5) is 0 Å². The molecule has 0 unspecified atom stereocenters. The normalized spacial score (nSPS) is 24.6. The molecule has 1 fully saturated rings. The molecular weight excluding hydrogens is 404 g/mol. The topological polar surface area (TPSA) is 75.7 Å². The standard InChI is InChI=1S/C26H20N2O4/c1-32-19-13-7-6-12-18(19)24(29)27-28-25(30)22-20-14-8-2-3-9-15(14)21(23(22)26(28)31)17-11-5-4-10-16(17)20/h2-13,20-23H,1H3,(H,27,29)/t20?,21?,22-,23-/m0/s1. The zero-order valence-electron chi connectivity index (χ0n) is 17.3. The van der Waals surface area contributed by atoms with Gasteiger partial charge in [0.05, 0.1) is 24.5 Å². The van der Waals surface area contributed by atoms with E-state index in [4.69, 9.17) is 4.74 Å². The third-order valence-electron chi connectivity index (χ3n) is 7.01. The molecule has 2 bridgehead atoms. The summed E-state index contributed by atoms with van der Waals surface area (Å²) in [5, 5.41) is 0.932. The molecule has 158 valence electrons. The first-order chi connectivity index (χ1) is 15.6. The zero-order valence-corrected chi connectivity index (χ0v) is 17.3. The number of para-hydroxylation sites is 1. The van der Waals surface area contributed by atoms with E-state index in [0.717, 1.165) is 27.3 Å². The Morgan fingerprint density at radius 2 is 1.19 bits per heavy atom. The number of imide groups is 1. The van der Waals surface area contributed by atoms with E-state index in [-0.39, 0.29) is 29.2 Å². The smallest absolute Gasteiger partial charge is 0.274 e. The third-order valence-corrected chi connectivity index (χ3v) is 7.01.